The minimum Gasteiger partial charge on any atom is -0.370 e. The number of anilines is 1. The molecule has 2 aliphatic heterocycles. The second kappa shape index (κ2) is 6.99. The fourth-order valence-electron chi connectivity index (χ4n) is 3.62. The molecule has 116 valence electrons. The number of hydrogen-bond donors (Lipinski definition) is 1. The Labute approximate surface area is 133 Å². The molecule has 1 aromatic carbocycles. The van der Waals surface area contributed by atoms with Crippen LogP contribution in [0.15, 0.2) is 18.2 Å². The van der Waals surface area contributed by atoms with Gasteiger partial charge in [0.1, 0.15) is 0 Å². The average molecular weight is 308 g/mol. The largest absolute Gasteiger partial charge is 0.370 e. The van der Waals surface area contributed by atoms with E-state index in [1.165, 1.54) is 50.0 Å². The molecule has 0 saturated carbocycles. The molecule has 2 heterocycles. The molecule has 3 nitrogen and oxygen atoms in total. The lowest BCUT2D eigenvalue weighted by Gasteiger charge is -2.32. The van der Waals surface area contributed by atoms with Crippen LogP contribution in [0.1, 0.15) is 31.2 Å². The smallest absolute Gasteiger partial charge is 0.0471 e. The second-order valence-electron chi connectivity index (χ2n) is 6.29. The predicted molar refractivity (Wildman–Crippen MR) is 90.3 cm³/mol. The summed E-state index contributed by atoms with van der Waals surface area (Å²) in [6.07, 6.45) is 5.45. The van der Waals surface area contributed by atoms with Gasteiger partial charge in [0.25, 0.3) is 0 Å². The van der Waals surface area contributed by atoms with Crippen molar-refractivity contribution < 1.29 is 0 Å². The predicted octanol–water partition coefficient (Wildman–Crippen LogP) is 3.12. The fraction of sp³-hybridized carbons (Fsp3) is 0.647. The Morgan fingerprint density at radius 3 is 2.71 bits per heavy atom. The first-order valence-electron chi connectivity index (χ1n) is 8.20. The van der Waals surface area contributed by atoms with Gasteiger partial charge in [0.15, 0.2) is 0 Å². The van der Waals surface area contributed by atoms with Crippen molar-refractivity contribution in [1.82, 2.24) is 10.2 Å². The van der Waals surface area contributed by atoms with Crippen molar-refractivity contribution in [2.45, 2.75) is 38.3 Å². The first-order valence-corrected chi connectivity index (χ1v) is 8.58. The lowest BCUT2D eigenvalue weighted by molar-refractivity contribution is 0.175. The average Bonchev–Trinajstić information content (AvgIpc) is 3.00. The molecule has 0 aromatic heterocycles. The third kappa shape index (κ3) is 3.53. The number of rotatable bonds is 4. The van der Waals surface area contributed by atoms with Gasteiger partial charge in [0.2, 0.25) is 0 Å². The van der Waals surface area contributed by atoms with Crippen LogP contribution in [-0.4, -0.2) is 44.2 Å². The standard InChI is InChI=1S/C17H26ClN3/c1-19-12-14-5-6-15(11-17(14)18)21-10-7-16(13-21)20-8-3-2-4-9-20/h5-6,11,16,19H,2-4,7-10,12-13H2,1H3. The van der Waals surface area contributed by atoms with Gasteiger partial charge in [-0.15, -0.1) is 0 Å². The maximum Gasteiger partial charge on any atom is 0.0471 e. The number of nitrogens with one attached hydrogen (secondary N) is 1. The van der Waals surface area contributed by atoms with E-state index in [-0.39, 0.29) is 0 Å². The minimum atomic E-state index is 0.737. The molecule has 2 aliphatic rings. The van der Waals surface area contributed by atoms with Gasteiger partial charge in [-0.3, -0.25) is 4.90 Å². The number of piperidine rings is 1. The van der Waals surface area contributed by atoms with Gasteiger partial charge in [0.05, 0.1) is 0 Å². The second-order valence-corrected chi connectivity index (χ2v) is 6.70. The quantitative estimate of drug-likeness (QED) is 0.922. The van der Waals surface area contributed by atoms with Crippen molar-refractivity contribution in [2.24, 2.45) is 0 Å². The molecule has 0 amide bonds. The summed E-state index contributed by atoms with van der Waals surface area (Å²) in [5.74, 6) is 0. The number of benzene rings is 1. The van der Waals surface area contributed by atoms with E-state index in [4.69, 9.17) is 11.6 Å². The van der Waals surface area contributed by atoms with E-state index in [0.29, 0.717) is 0 Å². The normalized spacial score (nSPS) is 23.7. The summed E-state index contributed by atoms with van der Waals surface area (Å²) >= 11 is 6.39. The van der Waals surface area contributed by atoms with E-state index >= 15 is 0 Å². The van der Waals surface area contributed by atoms with Crippen LogP contribution < -0.4 is 10.2 Å². The molecule has 1 atom stereocenters. The molecular weight excluding hydrogens is 282 g/mol. The Hall–Kier alpha value is -0.770. The lowest BCUT2D eigenvalue weighted by atomic mass is 10.1. The number of nitrogens with zero attached hydrogens (tertiary/aromatic N) is 2. The molecule has 0 bridgehead atoms. The van der Waals surface area contributed by atoms with Crippen LogP contribution in [0.25, 0.3) is 0 Å². The highest BCUT2D eigenvalue weighted by molar-refractivity contribution is 6.31. The highest BCUT2D eigenvalue weighted by Crippen LogP contribution is 2.28. The fourth-order valence-corrected chi connectivity index (χ4v) is 3.87. The molecule has 3 rings (SSSR count). The molecule has 2 saturated heterocycles. The SMILES string of the molecule is CNCc1ccc(N2CCC(N3CCCCC3)C2)cc1Cl. The maximum absolute atomic E-state index is 6.39. The zero-order chi connectivity index (χ0) is 14.7. The van der Waals surface area contributed by atoms with Crippen LogP contribution in [0.4, 0.5) is 5.69 Å². The van der Waals surface area contributed by atoms with Crippen LogP contribution in [0.2, 0.25) is 5.02 Å². The Kier molecular flexibility index (Phi) is 5.04. The van der Waals surface area contributed by atoms with E-state index in [1.54, 1.807) is 0 Å². The Balaban J connectivity index is 1.64. The van der Waals surface area contributed by atoms with Gasteiger partial charge in [-0.1, -0.05) is 24.1 Å². The summed E-state index contributed by atoms with van der Waals surface area (Å²) in [5, 5.41) is 4.04. The van der Waals surface area contributed by atoms with Gasteiger partial charge in [-0.2, -0.15) is 0 Å². The van der Waals surface area contributed by atoms with E-state index in [2.05, 4.69) is 33.3 Å². The monoisotopic (exact) mass is 307 g/mol. The summed E-state index contributed by atoms with van der Waals surface area (Å²) in [7, 11) is 1.95. The summed E-state index contributed by atoms with van der Waals surface area (Å²) in [6.45, 7) is 5.72. The zero-order valence-corrected chi connectivity index (χ0v) is 13.7. The molecule has 1 unspecified atom stereocenters. The van der Waals surface area contributed by atoms with Crippen LogP contribution in [0.5, 0.6) is 0 Å². The Bertz CT molecular complexity index is 471. The number of likely N-dealkylation sites (tertiary alicyclic amines) is 1. The highest BCUT2D eigenvalue weighted by atomic mass is 35.5. The summed E-state index contributed by atoms with van der Waals surface area (Å²) in [5.41, 5.74) is 2.45. The van der Waals surface area contributed by atoms with Gasteiger partial charge in [-0.25, -0.2) is 0 Å². The molecule has 0 aliphatic carbocycles. The van der Waals surface area contributed by atoms with Crippen LogP contribution in [0.3, 0.4) is 0 Å². The van der Waals surface area contributed by atoms with Crippen molar-refractivity contribution in [3.63, 3.8) is 0 Å². The zero-order valence-electron chi connectivity index (χ0n) is 12.9. The molecule has 4 heteroatoms. The summed E-state index contributed by atoms with van der Waals surface area (Å²) in [4.78, 5) is 5.19. The van der Waals surface area contributed by atoms with Crippen LogP contribution in [0, 0.1) is 0 Å². The third-order valence-corrected chi connectivity index (χ3v) is 5.19. The molecule has 1 N–H and O–H groups in total. The van der Waals surface area contributed by atoms with Gasteiger partial charge in [-0.05, 0) is 57.1 Å². The molecular formula is C17H26ClN3. The van der Waals surface area contributed by atoms with Gasteiger partial charge >= 0.3 is 0 Å². The van der Waals surface area contributed by atoms with Gasteiger partial charge < -0.3 is 10.2 Å². The molecule has 1 aromatic rings. The van der Waals surface area contributed by atoms with E-state index < -0.39 is 0 Å². The van der Waals surface area contributed by atoms with Crippen LogP contribution in [-0.2, 0) is 6.54 Å². The summed E-state index contributed by atoms with van der Waals surface area (Å²) in [6, 6.07) is 7.24. The number of halogens is 1. The van der Waals surface area contributed by atoms with Crippen LogP contribution >= 0.6 is 11.6 Å². The lowest BCUT2D eigenvalue weighted by Crippen LogP contribution is -2.40. The van der Waals surface area contributed by atoms with Gasteiger partial charge in [0, 0.05) is 36.4 Å². The van der Waals surface area contributed by atoms with E-state index in [1.807, 2.05) is 7.05 Å². The topological polar surface area (TPSA) is 18.5 Å². The third-order valence-electron chi connectivity index (χ3n) is 4.84. The van der Waals surface area contributed by atoms with Crippen molar-refractivity contribution in [1.29, 1.82) is 0 Å². The molecule has 0 spiro atoms. The summed E-state index contributed by atoms with van der Waals surface area (Å²) < 4.78 is 0. The Morgan fingerprint density at radius 2 is 2.00 bits per heavy atom. The molecule has 2 fully saturated rings. The van der Waals surface area contributed by atoms with Crippen molar-refractivity contribution in [3.8, 4) is 0 Å². The molecule has 0 radical (unpaired) electrons. The number of hydrogen-bond acceptors (Lipinski definition) is 3. The van der Waals surface area contributed by atoms with E-state index in [9.17, 15) is 0 Å². The van der Waals surface area contributed by atoms with E-state index in [0.717, 1.165) is 30.7 Å². The first-order chi connectivity index (χ1) is 10.3. The van der Waals surface area contributed by atoms with Crippen molar-refractivity contribution in [3.05, 3.63) is 28.8 Å². The Morgan fingerprint density at radius 1 is 1.19 bits per heavy atom. The first kappa shape index (κ1) is 15.1. The highest BCUT2D eigenvalue weighted by Gasteiger charge is 2.28. The maximum atomic E-state index is 6.39. The van der Waals surface area contributed by atoms with Crippen molar-refractivity contribution >= 4 is 17.3 Å². The minimum absolute atomic E-state index is 0.737. The van der Waals surface area contributed by atoms with Crippen molar-refractivity contribution in [2.75, 3.05) is 38.1 Å². The molecule has 21 heavy (non-hydrogen) atoms.